The summed E-state index contributed by atoms with van der Waals surface area (Å²) in [5, 5.41) is 15.3. The number of carbonyl (C=O) groups excluding carboxylic acids is 2. The number of para-hydroxylation sites is 1. The monoisotopic (exact) mass is 440 g/mol. The molecule has 8 heteroatoms. The summed E-state index contributed by atoms with van der Waals surface area (Å²) in [6.07, 6.45) is -0.134. The Morgan fingerprint density at radius 1 is 1.19 bits per heavy atom. The van der Waals surface area contributed by atoms with Gasteiger partial charge in [-0.25, -0.2) is 4.79 Å². The van der Waals surface area contributed by atoms with Crippen LogP contribution < -0.4 is 15.4 Å². The predicted octanol–water partition coefficient (Wildman–Crippen LogP) is 3.11. The van der Waals surface area contributed by atoms with E-state index in [2.05, 4.69) is 10.6 Å². The third-order valence-electron chi connectivity index (χ3n) is 5.50. The van der Waals surface area contributed by atoms with Gasteiger partial charge in [-0.15, -0.1) is 0 Å². The number of carbonyl (C=O) groups is 2. The molecule has 3 amide bonds. The lowest BCUT2D eigenvalue weighted by Gasteiger charge is -2.37. The first-order valence-corrected chi connectivity index (χ1v) is 10.8. The number of benzene rings is 2. The summed E-state index contributed by atoms with van der Waals surface area (Å²) in [7, 11) is 3.96. The number of rotatable bonds is 6. The Bertz CT molecular complexity index is 935. The number of aliphatic hydroxyl groups excluding tert-OH is 1. The number of urea groups is 1. The molecule has 0 aliphatic carbocycles. The number of amides is 3. The summed E-state index contributed by atoms with van der Waals surface area (Å²) in [6, 6.07) is 13.4. The Labute approximate surface area is 189 Å². The molecule has 0 bridgehead atoms. The van der Waals surface area contributed by atoms with E-state index in [1.54, 1.807) is 35.2 Å². The van der Waals surface area contributed by atoms with Crippen molar-refractivity contribution in [3.8, 4) is 5.75 Å². The average molecular weight is 441 g/mol. The Kier molecular flexibility index (Phi) is 7.71. The molecule has 2 aromatic carbocycles. The summed E-state index contributed by atoms with van der Waals surface area (Å²) < 4.78 is 6.27. The number of hydrogen-bond acceptors (Lipinski definition) is 5. The summed E-state index contributed by atoms with van der Waals surface area (Å²) >= 11 is 0. The lowest BCUT2D eigenvalue weighted by atomic mass is 9.99. The highest BCUT2D eigenvalue weighted by atomic mass is 16.5. The minimum atomic E-state index is -0.407. The summed E-state index contributed by atoms with van der Waals surface area (Å²) in [4.78, 5) is 29.5. The Balaban J connectivity index is 1.89. The van der Waals surface area contributed by atoms with Gasteiger partial charge >= 0.3 is 6.03 Å². The lowest BCUT2D eigenvalue weighted by Crippen LogP contribution is -2.49. The van der Waals surface area contributed by atoms with Gasteiger partial charge in [0.25, 0.3) is 5.91 Å². The zero-order chi connectivity index (χ0) is 23.3. The van der Waals surface area contributed by atoms with E-state index in [4.69, 9.17) is 4.74 Å². The van der Waals surface area contributed by atoms with Gasteiger partial charge in [0.2, 0.25) is 0 Å². The van der Waals surface area contributed by atoms with Crippen LogP contribution in [0.1, 0.15) is 24.2 Å². The van der Waals surface area contributed by atoms with E-state index in [-0.39, 0.29) is 30.6 Å². The van der Waals surface area contributed by atoms with E-state index < -0.39 is 6.03 Å². The van der Waals surface area contributed by atoms with Gasteiger partial charge in [0, 0.05) is 30.4 Å². The number of fused-ring (bicyclic) bond motifs is 1. The van der Waals surface area contributed by atoms with Gasteiger partial charge in [0.05, 0.1) is 18.2 Å². The molecule has 3 rings (SSSR count). The van der Waals surface area contributed by atoms with Crippen molar-refractivity contribution in [1.82, 2.24) is 9.80 Å². The second kappa shape index (κ2) is 10.5. The molecule has 0 aromatic heterocycles. The molecule has 3 N–H and O–H groups in total. The van der Waals surface area contributed by atoms with Crippen molar-refractivity contribution in [2.24, 2.45) is 5.92 Å². The number of nitrogens with zero attached hydrogens (tertiary/aromatic N) is 2. The van der Waals surface area contributed by atoms with Gasteiger partial charge < -0.3 is 30.3 Å². The van der Waals surface area contributed by atoms with Crippen LogP contribution in [0.15, 0.2) is 48.5 Å². The number of hydrogen-bond donors (Lipinski definition) is 3. The fraction of sp³-hybridized carbons (Fsp3) is 0.417. The molecule has 2 aromatic rings. The molecule has 0 fully saturated rings. The molecule has 0 saturated carbocycles. The van der Waals surface area contributed by atoms with Crippen molar-refractivity contribution in [2.75, 3.05) is 44.4 Å². The SMILES string of the molecule is C[C@@H]1CN([C@H](C)CO)C(=O)c2cc(NC(=O)Nc3ccccc3)ccc2O[C@@H]1CN(C)C. The number of aliphatic hydroxyl groups is 1. The quantitative estimate of drug-likeness (QED) is 0.642. The summed E-state index contributed by atoms with van der Waals surface area (Å²) in [5.41, 5.74) is 1.50. The van der Waals surface area contributed by atoms with Crippen molar-refractivity contribution in [1.29, 1.82) is 0 Å². The van der Waals surface area contributed by atoms with Crippen LogP contribution in [-0.2, 0) is 0 Å². The molecule has 3 atom stereocenters. The van der Waals surface area contributed by atoms with Crippen LogP contribution >= 0.6 is 0 Å². The Morgan fingerprint density at radius 2 is 1.88 bits per heavy atom. The largest absolute Gasteiger partial charge is 0.488 e. The first kappa shape index (κ1) is 23.6. The van der Waals surface area contributed by atoms with Gasteiger partial charge in [-0.3, -0.25) is 4.79 Å². The third-order valence-corrected chi connectivity index (χ3v) is 5.50. The standard InChI is InChI=1S/C24H32N4O4/c1-16-13-28(17(2)15-29)23(30)20-12-19(10-11-21(20)32-22(16)14-27(3)4)26-24(31)25-18-8-6-5-7-9-18/h5-12,16-17,22,29H,13-15H2,1-4H3,(H2,25,26,31)/t16-,17-,22-/m1/s1. The van der Waals surface area contributed by atoms with Crippen LogP contribution in [-0.4, -0.2) is 72.8 Å². The van der Waals surface area contributed by atoms with Gasteiger partial charge in [0.1, 0.15) is 11.9 Å². The molecule has 0 radical (unpaired) electrons. The molecule has 0 spiro atoms. The molecule has 8 nitrogen and oxygen atoms in total. The van der Waals surface area contributed by atoms with Gasteiger partial charge in [-0.2, -0.15) is 0 Å². The minimum absolute atomic E-state index is 0.0675. The molecule has 1 aliphatic rings. The van der Waals surface area contributed by atoms with E-state index in [9.17, 15) is 14.7 Å². The highest BCUT2D eigenvalue weighted by Gasteiger charge is 2.33. The molecule has 1 heterocycles. The Hall–Kier alpha value is -3.10. The fourth-order valence-corrected chi connectivity index (χ4v) is 3.69. The number of nitrogens with one attached hydrogen (secondary N) is 2. The molecule has 32 heavy (non-hydrogen) atoms. The van der Waals surface area contributed by atoms with Crippen molar-refractivity contribution in [2.45, 2.75) is 26.0 Å². The number of likely N-dealkylation sites (N-methyl/N-ethyl adjacent to an activating group) is 1. The molecule has 0 unspecified atom stereocenters. The van der Waals surface area contributed by atoms with Gasteiger partial charge in [-0.05, 0) is 51.4 Å². The molecule has 0 saturated heterocycles. The molecular weight excluding hydrogens is 408 g/mol. The minimum Gasteiger partial charge on any atom is -0.488 e. The van der Waals surface area contributed by atoms with Gasteiger partial charge in [-0.1, -0.05) is 25.1 Å². The molecule has 172 valence electrons. The van der Waals surface area contributed by atoms with E-state index >= 15 is 0 Å². The van der Waals surface area contributed by atoms with E-state index in [0.29, 0.717) is 35.8 Å². The maximum absolute atomic E-state index is 13.4. The van der Waals surface area contributed by atoms with Crippen LogP contribution in [0.5, 0.6) is 5.75 Å². The van der Waals surface area contributed by atoms with E-state index in [1.807, 2.05) is 51.0 Å². The summed E-state index contributed by atoms with van der Waals surface area (Å²) in [5.74, 6) is 0.305. The third kappa shape index (κ3) is 5.77. The average Bonchev–Trinajstić information content (AvgIpc) is 2.76. The number of ether oxygens (including phenoxy) is 1. The first-order valence-electron chi connectivity index (χ1n) is 10.8. The van der Waals surface area contributed by atoms with Crippen LogP contribution in [0.25, 0.3) is 0 Å². The van der Waals surface area contributed by atoms with Crippen LogP contribution in [0.3, 0.4) is 0 Å². The second-order valence-corrected chi connectivity index (χ2v) is 8.54. The molecule has 1 aliphatic heterocycles. The van der Waals surface area contributed by atoms with Crippen molar-refractivity contribution in [3.05, 3.63) is 54.1 Å². The van der Waals surface area contributed by atoms with Crippen LogP contribution in [0.4, 0.5) is 16.2 Å². The zero-order valence-corrected chi connectivity index (χ0v) is 19.0. The lowest BCUT2D eigenvalue weighted by molar-refractivity contribution is 0.0363. The van der Waals surface area contributed by atoms with Crippen molar-refractivity contribution < 1.29 is 19.4 Å². The maximum Gasteiger partial charge on any atom is 0.323 e. The van der Waals surface area contributed by atoms with Crippen molar-refractivity contribution >= 4 is 23.3 Å². The summed E-state index contributed by atoms with van der Waals surface area (Å²) in [6.45, 7) is 4.89. The highest BCUT2D eigenvalue weighted by Crippen LogP contribution is 2.30. The van der Waals surface area contributed by atoms with Crippen molar-refractivity contribution in [3.63, 3.8) is 0 Å². The second-order valence-electron chi connectivity index (χ2n) is 8.54. The first-order chi connectivity index (χ1) is 15.3. The zero-order valence-electron chi connectivity index (χ0n) is 19.0. The van der Waals surface area contributed by atoms with E-state index in [0.717, 1.165) is 0 Å². The number of anilines is 2. The van der Waals surface area contributed by atoms with E-state index in [1.165, 1.54) is 0 Å². The molecular formula is C24H32N4O4. The van der Waals surface area contributed by atoms with Crippen LogP contribution in [0.2, 0.25) is 0 Å². The Morgan fingerprint density at radius 3 is 2.53 bits per heavy atom. The van der Waals surface area contributed by atoms with Gasteiger partial charge in [0.15, 0.2) is 0 Å². The van der Waals surface area contributed by atoms with Crippen LogP contribution in [0, 0.1) is 5.92 Å². The normalized spacial score (nSPS) is 19.4. The maximum atomic E-state index is 13.4. The predicted molar refractivity (Wildman–Crippen MR) is 125 cm³/mol. The fourth-order valence-electron chi connectivity index (χ4n) is 3.69. The topological polar surface area (TPSA) is 94.1 Å². The smallest absolute Gasteiger partial charge is 0.323 e. The highest BCUT2D eigenvalue weighted by molar-refractivity contribution is 6.02.